The molecule has 6 heteroatoms. The number of aromatic hydroxyl groups is 1. The minimum atomic E-state index is -4.47. The molecule has 0 spiro atoms. The van der Waals surface area contributed by atoms with Crippen molar-refractivity contribution in [2.24, 2.45) is 0 Å². The van der Waals surface area contributed by atoms with E-state index in [9.17, 15) is 18.3 Å². The number of rotatable bonds is 2. The summed E-state index contributed by atoms with van der Waals surface area (Å²) in [7, 11) is 0. The smallest absolute Gasteiger partial charge is 0.416 e. The predicted octanol–water partition coefficient (Wildman–Crippen LogP) is 3.90. The molecule has 1 aromatic carbocycles. The van der Waals surface area contributed by atoms with E-state index in [1.807, 2.05) is 0 Å². The van der Waals surface area contributed by atoms with Crippen LogP contribution >= 0.6 is 0 Å². The zero-order valence-electron chi connectivity index (χ0n) is 9.66. The second kappa shape index (κ2) is 4.38. The van der Waals surface area contributed by atoms with Crippen LogP contribution in [0.2, 0.25) is 0 Å². The number of anilines is 1. The highest BCUT2D eigenvalue weighted by atomic mass is 19.4. The summed E-state index contributed by atoms with van der Waals surface area (Å²) < 4.78 is 42.9. The van der Waals surface area contributed by atoms with Crippen LogP contribution in [0.15, 0.2) is 35.3 Å². The van der Waals surface area contributed by atoms with Gasteiger partial charge in [-0.15, -0.1) is 0 Å². The van der Waals surface area contributed by atoms with Gasteiger partial charge in [0, 0.05) is 0 Å². The molecule has 2 rings (SSSR count). The molecule has 100 valence electrons. The zero-order chi connectivity index (χ0) is 14.2. The first-order valence-corrected chi connectivity index (χ1v) is 5.26. The SMILES string of the molecule is C=Cc1oc(N)c(-c2cccc(C(F)(F)F)c2)c1O. The molecule has 0 atom stereocenters. The Morgan fingerprint density at radius 3 is 2.53 bits per heavy atom. The summed E-state index contributed by atoms with van der Waals surface area (Å²) >= 11 is 0. The van der Waals surface area contributed by atoms with E-state index in [2.05, 4.69) is 6.58 Å². The van der Waals surface area contributed by atoms with Crippen LogP contribution in [0.5, 0.6) is 5.75 Å². The maximum atomic E-state index is 12.6. The Bertz CT molecular complexity index is 629. The van der Waals surface area contributed by atoms with E-state index in [1.54, 1.807) is 0 Å². The van der Waals surface area contributed by atoms with Crippen LogP contribution in [-0.2, 0) is 6.18 Å². The quantitative estimate of drug-likeness (QED) is 0.869. The molecule has 0 radical (unpaired) electrons. The largest absolute Gasteiger partial charge is 0.504 e. The predicted molar refractivity (Wildman–Crippen MR) is 65.3 cm³/mol. The van der Waals surface area contributed by atoms with E-state index in [4.69, 9.17) is 10.2 Å². The maximum absolute atomic E-state index is 12.6. The van der Waals surface area contributed by atoms with Crippen molar-refractivity contribution in [3.8, 4) is 16.9 Å². The first-order chi connectivity index (χ1) is 8.84. The number of nitrogens with two attached hydrogens (primary N) is 1. The normalized spacial score (nSPS) is 11.5. The van der Waals surface area contributed by atoms with E-state index < -0.39 is 11.7 Å². The number of alkyl halides is 3. The monoisotopic (exact) mass is 269 g/mol. The topological polar surface area (TPSA) is 59.4 Å². The number of halogens is 3. The van der Waals surface area contributed by atoms with E-state index in [0.29, 0.717) is 0 Å². The third kappa shape index (κ3) is 2.29. The first kappa shape index (κ1) is 13.1. The van der Waals surface area contributed by atoms with E-state index in [-0.39, 0.29) is 28.5 Å². The van der Waals surface area contributed by atoms with Gasteiger partial charge < -0.3 is 15.3 Å². The highest BCUT2D eigenvalue weighted by molar-refractivity contribution is 5.82. The summed E-state index contributed by atoms with van der Waals surface area (Å²) in [6.07, 6.45) is -3.24. The maximum Gasteiger partial charge on any atom is 0.416 e. The second-order valence-corrected chi connectivity index (χ2v) is 3.84. The molecule has 0 saturated carbocycles. The average molecular weight is 269 g/mol. The zero-order valence-corrected chi connectivity index (χ0v) is 9.66. The van der Waals surface area contributed by atoms with Gasteiger partial charge in [0.05, 0.1) is 11.1 Å². The molecule has 0 saturated heterocycles. The van der Waals surface area contributed by atoms with Gasteiger partial charge in [-0.05, 0) is 23.8 Å². The summed E-state index contributed by atoms with van der Waals surface area (Å²) in [5.41, 5.74) is 4.88. The van der Waals surface area contributed by atoms with Gasteiger partial charge in [-0.3, -0.25) is 0 Å². The van der Waals surface area contributed by atoms with Crippen molar-refractivity contribution in [3.05, 3.63) is 42.2 Å². The molecule has 0 aliphatic rings. The van der Waals surface area contributed by atoms with Crippen LogP contribution in [0.1, 0.15) is 11.3 Å². The summed E-state index contributed by atoms with van der Waals surface area (Å²) in [4.78, 5) is 0. The van der Waals surface area contributed by atoms with Crippen LogP contribution in [-0.4, -0.2) is 5.11 Å². The number of furan rings is 1. The summed E-state index contributed by atoms with van der Waals surface area (Å²) in [5.74, 6) is -0.469. The molecule has 0 aliphatic carbocycles. The molecule has 3 N–H and O–H groups in total. The third-order valence-electron chi connectivity index (χ3n) is 2.60. The van der Waals surface area contributed by atoms with Gasteiger partial charge in [-0.2, -0.15) is 13.2 Å². The van der Waals surface area contributed by atoms with Crippen molar-refractivity contribution in [2.75, 3.05) is 5.73 Å². The van der Waals surface area contributed by atoms with Crippen molar-refractivity contribution in [2.45, 2.75) is 6.18 Å². The molecular weight excluding hydrogens is 259 g/mol. The Kier molecular flexibility index (Phi) is 3.01. The number of benzene rings is 1. The van der Waals surface area contributed by atoms with E-state index in [0.717, 1.165) is 12.1 Å². The minimum Gasteiger partial charge on any atom is -0.504 e. The van der Waals surface area contributed by atoms with Gasteiger partial charge in [0.15, 0.2) is 11.5 Å². The van der Waals surface area contributed by atoms with Crippen molar-refractivity contribution in [1.82, 2.24) is 0 Å². The lowest BCUT2D eigenvalue weighted by atomic mass is 10.0. The molecule has 0 unspecified atom stereocenters. The van der Waals surface area contributed by atoms with Gasteiger partial charge in [-0.1, -0.05) is 18.7 Å². The Morgan fingerprint density at radius 1 is 1.32 bits per heavy atom. The fourth-order valence-electron chi connectivity index (χ4n) is 1.73. The lowest BCUT2D eigenvalue weighted by Gasteiger charge is -2.08. The first-order valence-electron chi connectivity index (χ1n) is 5.26. The Hall–Kier alpha value is -2.37. The fraction of sp³-hybridized carbons (Fsp3) is 0.0769. The van der Waals surface area contributed by atoms with Gasteiger partial charge in [0.2, 0.25) is 5.88 Å². The van der Waals surface area contributed by atoms with Gasteiger partial charge in [0.25, 0.3) is 0 Å². The summed E-state index contributed by atoms with van der Waals surface area (Å²) in [5, 5.41) is 9.83. The van der Waals surface area contributed by atoms with Crippen molar-refractivity contribution >= 4 is 12.0 Å². The van der Waals surface area contributed by atoms with Crippen LogP contribution in [0, 0.1) is 0 Å². The van der Waals surface area contributed by atoms with Crippen molar-refractivity contribution < 1.29 is 22.7 Å². The standard InChI is InChI=1S/C13H10F3NO2/c1-2-9-11(18)10(12(17)19-9)7-4-3-5-8(6-7)13(14,15)16/h2-6,18H,1,17H2. The molecule has 0 aliphatic heterocycles. The fourth-order valence-corrected chi connectivity index (χ4v) is 1.73. The van der Waals surface area contributed by atoms with Crippen LogP contribution in [0.3, 0.4) is 0 Å². The van der Waals surface area contributed by atoms with Gasteiger partial charge >= 0.3 is 6.18 Å². The van der Waals surface area contributed by atoms with Crippen LogP contribution in [0.4, 0.5) is 19.1 Å². The Morgan fingerprint density at radius 2 is 2.00 bits per heavy atom. The van der Waals surface area contributed by atoms with E-state index in [1.165, 1.54) is 18.2 Å². The second-order valence-electron chi connectivity index (χ2n) is 3.84. The molecule has 1 heterocycles. The summed E-state index contributed by atoms with van der Waals surface area (Å²) in [6.45, 7) is 3.41. The lowest BCUT2D eigenvalue weighted by molar-refractivity contribution is -0.137. The van der Waals surface area contributed by atoms with E-state index >= 15 is 0 Å². The number of hydrogen-bond acceptors (Lipinski definition) is 3. The highest BCUT2D eigenvalue weighted by Gasteiger charge is 2.31. The molecule has 19 heavy (non-hydrogen) atoms. The van der Waals surface area contributed by atoms with Crippen molar-refractivity contribution in [3.63, 3.8) is 0 Å². The minimum absolute atomic E-state index is 0.0184. The number of nitrogen functional groups attached to an aromatic ring is 1. The third-order valence-corrected chi connectivity index (χ3v) is 2.60. The lowest BCUT2D eigenvalue weighted by Crippen LogP contribution is -2.04. The average Bonchev–Trinajstić information content (AvgIpc) is 2.63. The van der Waals surface area contributed by atoms with Gasteiger partial charge in [-0.25, -0.2) is 0 Å². The van der Waals surface area contributed by atoms with Gasteiger partial charge in [0.1, 0.15) is 0 Å². The Labute approximate surface area is 106 Å². The summed E-state index contributed by atoms with van der Waals surface area (Å²) in [6, 6.07) is 4.47. The molecule has 2 aromatic rings. The molecule has 0 bridgehead atoms. The van der Waals surface area contributed by atoms with Crippen molar-refractivity contribution in [1.29, 1.82) is 0 Å². The number of hydrogen-bond donors (Lipinski definition) is 2. The Balaban J connectivity index is 2.60. The highest BCUT2D eigenvalue weighted by Crippen LogP contribution is 2.42. The molecule has 3 nitrogen and oxygen atoms in total. The van der Waals surface area contributed by atoms with Crippen LogP contribution < -0.4 is 5.73 Å². The molecular formula is C13H10F3NO2. The molecule has 0 fully saturated rings. The molecule has 0 amide bonds. The molecule has 1 aromatic heterocycles. The van der Waals surface area contributed by atoms with Crippen LogP contribution in [0.25, 0.3) is 17.2 Å².